The number of nitrogens with zero attached hydrogens (tertiary/aromatic N) is 2. The summed E-state index contributed by atoms with van der Waals surface area (Å²) in [6.07, 6.45) is 1.37. The minimum Gasteiger partial charge on any atom is -0.352 e. The number of carbonyl (C=O) groups excluding carboxylic acids is 1. The van der Waals surface area contributed by atoms with Gasteiger partial charge in [0, 0.05) is 29.4 Å². The van der Waals surface area contributed by atoms with Gasteiger partial charge in [-0.15, -0.1) is 6.58 Å². The second-order valence-corrected chi connectivity index (χ2v) is 10.7. The zero-order valence-electron chi connectivity index (χ0n) is 19.8. The number of benzene rings is 2. The monoisotopic (exact) mass is 622 g/mol. The van der Waals surface area contributed by atoms with Gasteiger partial charge < -0.3 is 10.2 Å². The van der Waals surface area contributed by atoms with Gasteiger partial charge in [-0.25, -0.2) is 22.7 Å². The highest BCUT2D eigenvalue weighted by atomic mass is 127. The Kier molecular flexibility index (Phi) is 11.0. The molecule has 2 rings (SSSR count). The molecular formula is C23H29F2IN4O4S. The van der Waals surface area contributed by atoms with E-state index in [0.29, 0.717) is 25.3 Å². The van der Waals surface area contributed by atoms with Gasteiger partial charge in [0.05, 0.1) is 17.9 Å². The van der Waals surface area contributed by atoms with Crippen LogP contribution in [0.1, 0.15) is 24.2 Å². The van der Waals surface area contributed by atoms with E-state index in [0.717, 1.165) is 13.9 Å². The number of carbonyl (C=O) groups is 1. The van der Waals surface area contributed by atoms with E-state index >= 15 is 8.78 Å². The molecule has 0 unspecified atom stereocenters. The summed E-state index contributed by atoms with van der Waals surface area (Å²) >= 11 is 2.09. The maximum atomic E-state index is 15.3. The fourth-order valence-electron chi connectivity index (χ4n) is 3.10. The number of hydrogen-bond acceptors (Lipinski definition) is 6. The van der Waals surface area contributed by atoms with E-state index in [-0.39, 0.29) is 13.2 Å². The summed E-state index contributed by atoms with van der Waals surface area (Å²) in [4.78, 5) is 18.7. The molecule has 192 valence electrons. The Morgan fingerprint density at radius 2 is 1.77 bits per heavy atom. The summed E-state index contributed by atoms with van der Waals surface area (Å²) in [6.45, 7) is 9.16. The normalized spacial score (nSPS) is 11.7. The van der Waals surface area contributed by atoms with Gasteiger partial charge in [0.2, 0.25) is 10.0 Å². The molecule has 2 aromatic carbocycles. The van der Waals surface area contributed by atoms with Crippen molar-refractivity contribution in [1.29, 1.82) is 0 Å². The number of amides is 1. The third-order valence-electron chi connectivity index (χ3n) is 5.21. The van der Waals surface area contributed by atoms with Crippen LogP contribution in [0.5, 0.6) is 0 Å². The summed E-state index contributed by atoms with van der Waals surface area (Å²) in [7, 11) is -3.18. The Morgan fingerprint density at radius 1 is 1.14 bits per heavy atom. The molecule has 35 heavy (non-hydrogen) atoms. The van der Waals surface area contributed by atoms with Gasteiger partial charge in [-0.3, -0.25) is 9.63 Å². The Balaban J connectivity index is 2.53. The van der Waals surface area contributed by atoms with Gasteiger partial charge >= 0.3 is 0 Å². The molecule has 0 fully saturated rings. The van der Waals surface area contributed by atoms with Crippen LogP contribution < -0.4 is 10.8 Å². The standard InChI is InChI=1S/C23H29F2IN4O4S/c1-5-14-34-28-23(31)18-15-19(35(32,33)29(4)12-13-30(6-2)7-3)20(24)21(25)22(18)27-17-10-8-16(26)9-11-17/h5,8-11,15,27H,1,6-7,12-14H2,2-4H3,(H,28,31). The van der Waals surface area contributed by atoms with Crippen LogP contribution in [0.2, 0.25) is 0 Å². The first-order chi connectivity index (χ1) is 16.6. The van der Waals surface area contributed by atoms with Gasteiger partial charge in [0.25, 0.3) is 5.91 Å². The number of rotatable bonds is 13. The first-order valence-corrected chi connectivity index (χ1v) is 13.3. The summed E-state index contributed by atoms with van der Waals surface area (Å²) in [5.41, 5.74) is 1.50. The Morgan fingerprint density at radius 3 is 2.34 bits per heavy atom. The van der Waals surface area contributed by atoms with Crippen LogP contribution in [0.3, 0.4) is 0 Å². The van der Waals surface area contributed by atoms with Crippen LogP contribution >= 0.6 is 22.6 Å². The van der Waals surface area contributed by atoms with E-state index in [4.69, 9.17) is 4.84 Å². The van der Waals surface area contributed by atoms with Crippen LogP contribution in [-0.2, 0) is 14.9 Å². The molecule has 8 nitrogen and oxygen atoms in total. The number of halogens is 3. The van der Waals surface area contributed by atoms with Crippen molar-refractivity contribution in [3.63, 3.8) is 0 Å². The fourth-order valence-corrected chi connectivity index (χ4v) is 4.70. The summed E-state index contributed by atoms with van der Waals surface area (Å²) < 4.78 is 58.6. The number of sulfonamides is 1. The molecule has 0 aliphatic heterocycles. The van der Waals surface area contributed by atoms with Crippen LogP contribution in [-0.4, -0.2) is 63.4 Å². The highest BCUT2D eigenvalue weighted by Gasteiger charge is 2.32. The highest BCUT2D eigenvalue weighted by molar-refractivity contribution is 14.1. The second kappa shape index (κ2) is 13.3. The van der Waals surface area contributed by atoms with Gasteiger partial charge in [-0.2, -0.15) is 4.31 Å². The Labute approximate surface area is 218 Å². The van der Waals surface area contributed by atoms with Gasteiger partial charge in [-0.05, 0) is 66.0 Å². The molecule has 1 amide bonds. The lowest BCUT2D eigenvalue weighted by Gasteiger charge is -2.24. The number of hydrogen-bond donors (Lipinski definition) is 2. The average molecular weight is 622 g/mol. The largest absolute Gasteiger partial charge is 0.352 e. The molecule has 0 atom stereocenters. The van der Waals surface area contributed by atoms with Gasteiger partial charge in [0.15, 0.2) is 11.6 Å². The predicted molar refractivity (Wildman–Crippen MR) is 140 cm³/mol. The van der Waals surface area contributed by atoms with Crippen molar-refractivity contribution in [3.8, 4) is 0 Å². The maximum Gasteiger partial charge on any atom is 0.277 e. The van der Waals surface area contributed by atoms with Crippen molar-refractivity contribution in [1.82, 2.24) is 14.7 Å². The van der Waals surface area contributed by atoms with Crippen molar-refractivity contribution in [2.45, 2.75) is 18.7 Å². The van der Waals surface area contributed by atoms with Crippen molar-refractivity contribution in [2.75, 3.05) is 45.2 Å². The molecule has 0 saturated heterocycles. The molecule has 0 radical (unpaired) electrons. The smallest absolute Gasteiger partial charge is 0.277 e. The molecule has 0 bridgehead atoms. The summed E-state index contributed by atoms with van der Waals surface area (Å²) in [5.74, 6) is -4.05. The third-order valence-corrected chi connectivity index (χ3v) is 7.79. The van der Waals surface area contributed by atoms with Crippen molar-refractivity contribution < 1.29 is 26.8 Å². The molecular weight excluding hydrogens is 593 g/mol. The van der Waals surface area contributed by atoms with Gasteiger partial charge in [0.1, 0.15) is 4.90 Å². The SMILES string of the molecule is C=CCONC(=O)c1cc(S(=O)(=O)N(C)CCN(CC)CC)c(F)c(F)c1Nc1ccc(I)cc1. The van der Waals surface area contributed by atoms with E-state index in [1.54, 1.807) is 24.3 Å². The fraction of sp³-hybridized carbons (Fsp3) is 0.348. The van der Waals surface area contributed by atoms with Crippen molar-refractivity contribution in [2.24, 2.45) is 0 Å². The number of nitrogens with one attached hydrogen (secondary N) is 2. The quantitative estimate of drug-likeness (QED) is 0.151. The molecule has 0 aliphatic rings. The highest BCUT2D eigenvalue weighted by Crippen LogP contribution is 2.32. The minimum absolute atomic E-state index is 0.0471. The molecule has 12 heteroatoms. The molecule has 2 N–H and O–H groups in total. The topological polar surface area (TPSA) is 91.0 Å². The maximum absolute atomic E-state index is 15.3. The van der Waals surface area contributed by atoms with Crippen LogP contribution in [0, 0.1) is 15.2 Å². The molecule has 2 aromatic rings. The van der Waals surface area contributed by atoms with Gasteiger partial charge in [-0.1, -0.05) is 19.9 Å². The number of likely N-dealkylation sites (N-methyl/N-ethyl adjacent to an activating group) is 2. The van der Waals surface area contributed by atoms with Crippen LogP contribution in [0.25, 0.3) is 0 Å². The van der Waals surface area contributed by atoms with E-state index in [1.165, 1.54) is 13.1 Å². The van der Waals surface area contributed by atoms with Crippen LogP contribution in [0.4, 0.5) is 20.2 Å². The molecule has 0 aliphatic carbocycles. The number of anilines is 2. The first kappa shape index (κ1) is 29.1. The van der Waals surface area contributed by atoms with E-state index in [1.807, 2.05) is 18.7 Å². The van der Waals surface area contributed by atoms with E-state index in [2.05, 4.69) is 40.0 Å². The number of hydroxylamine groups is 1. The molecule has 0 spiro atoms. The lowest BCUT2D eigenvalue weighted by molar-refractivity contribution is 0.0422. The third kappa shape index (κ3) is 7.43. The average Bonchev–Trinajstić information content (AvgIpc) is 2.83. The lowest BCUT2D eigenvalue weighted by atomic mass is 10.1. The second-order valence-electron chi connectivity index (χ2n) is 7.44. The lowest BCUT2D eigenvalue weighted by Crippen LogP contribution is -2.37. The zero-order valence-corrected chi connectivity index (χ0v) is 22.8. The molecule has 0 aromatic heterocycles. The predicted octanol–water partition coefficient (Wildman–Crippen LogP) is 4.12. The Bertz CT molecular complexity index is 1140. The van der Waals surface area contributed by atoms with Crippen molar-refractivity contribution >= 4 is 49.9 Å². The summed E-state index contributed by atoms with van der Waals surface area (Å²) in [6, 6.07) is 7.49. The van der Waals surface area contributed by atoms with Crippen LogP contribution in [0.15, 0.2) is 47.9 Å². The minimum atomic E-state index is -4.45. The van der Waals surface area contributed by atoms with E-state index < -0.39 is 43.7 Å². The molecule has 0 saturated carbocycles. The summed E-state index contributed by atoms with van der Waals surface area (Å²) in [5, 5.41) is 2.67. The first-order valence-electron chi connectivity index (χ1n) is 10.8. The Hall–Kier alpha value is -2.13. The van der Waals surface area contributed by atoms with E-state index in [9.17, 15) is 13.2 Å². The van der Waals surface area contributed by atoms with Crippen molar-refractivity contribution in [3.05, 3.63) is 63.8 Å². The zero-order chi connectivity index (χ0) is 26.2. The molecule has 0 heterocycles.